The van der Waals surface area contributed by atoms with Crippen molar-refractivity contribution in [3.05, 3.63) is 29.3 Å². The van der Waals surface area contributed by atoms with Gasteiger partial charge in [-0.1, -0.05) is 17.7 Å². The molecule has 2 atom stereocenters. The van der Waals surface area contributed by atoms with E-state index < -0.39 is 6.10 Å². The molecule has 1 aliphatic rings. The van der Waals surface area contributed by atoms with Gasteiger partial charge in [0.2, 0.25) is 5.91 Å². The highest BCUT2D eigenvalue weighted by Gasteiger charge is 2.22. The molecule has 1 aromatic rings. The van der Waals surface area contributed by atoms with E-state index >= 15 is 0 Å². The van der Waals surface area contributed by atoms with Crippen LogP contribution in [0.2, 0.25) is 5.02 Å². The number of carbonyl (C=O) groups is 1. The Labute approximate surface area is 129 Å². The summed E-state index contributed by atoms with van der Waals surface area (Å²) in [5.41, 5.74) is 0. The van der Waals surface area contributed by atoms with Crippen LogP contribution in [0.3, 0.4) is 0 Å². The number of amides is 1. The van der Waals surface area contributed by atoms with Crippen LogP contribution in [0.1, 0.15) is 12.8 Å². The highest BCUT2D eigenvalue weighted by atomic mass is 35.5. The third kappa shape index (κ3) is 5.19. The van der Waals surface area contributed by atoms with Gasteiger partial charge in [0.1, 0.15) is 18.5 Å². The number of likely N-dealkylation sites (N-methyl/N-ethyl adjacent to an activating group) is 1. The second kappa shape index (κ2) is 7.64. The molecule has 0 bridgehead atoms. The van der Waals surface area contributed by atoms with Gasteiger partial charge >= 0.3 is 0 Å². The van der Waals surface area contributed by atoms with Crippen LogP contribution in [-0.2, 0) is 4.79 Å². The molecule has 1 aliphatic heterocycles. The van der Waals surface area contributed by atoms with Crippen molar-refractivity contribution in [2.24, 2.45) is 0 Å². The number of rotatable bonds is 6. The Balaban J connectivity index is 1.68. The van der Waals surface area contributed by atoms with Gasteiger partial charge in [-0.3, -0.25) is 4.79 Å². The van der Waals surface area contributed by atoms with E-state index in [1.807, 2.05) is 0 Å². The zero-order chi connectivity index (χ0) is 15.2. The summed E-state index contributed by atoms with van der Waals surface area (Å²) in [6.45, 7) is 1.32. The Kier molecular flexibility index (Phi) is 5.85. The second-order valence-electron chi connectivity index (χ2n) is 5.34. The number of likely N-dealkylation sites (tertiary alicyclic amines) is 1. The minimum atomic E-state index is -0.605. The van der Waals surface area contributed by atoms with Crippen molar-refractivity contribution in [1.29, 1.82) is 0 Å². The zero-order valence-electron chi connectivity index (χ0n) is 12.1. The van der Waals surface area contributed by atoms with E-state index in [1.54, 1.807) is 36.2 Å². The van der Waals surface area contributed by atoms with Crippen molar-refractivity contribution in [3.8, 4) is 5.75 Å². The summed E-state index contributed by atoms with van der Waals surface area (Å²) in [5.74, 6) is 0.822. The molecule has 2 N–H and O–H groups in total. The summed E-state index contributed by atoms with van der Waals surface area (Å²) in [7, 11) is 1.80. The summed E-state index contributed by atoms with van der Waals surface area (Å²) >= 11 is 5.86. The van der Waals surface area contributed by atoms with Crippen molar-refractivity contribution < 1.29 is 14.6 Å². The number of piperidine rings is 1. The lowest BCUT2D eigenvalue weighted by atomic mass is 10.1. The number of aliphatic hydroxyl groups is 1. The molecular weight excluding hydrogens is 292 g/mol. The number of hydrogen-bond donors (Lipinski definition) is 2. The molecule has 116 valence electrons. The molecule has 0 saturated carbocycles. The zero-order valence-corrected chi connectivity index (χ0v) is 12.8. The van der Waals surface area contributed by atoms with Crippen LogP contribution in [0.4, 0.5) is 0 Å². The van der Waals surface area contributed by atoms with E-state index in [4.69, 9.17) is 16.3 Å². The highest BCUT2D eigenvalue weighted by Crippen LogP contribution is 2.17. The summed E-state index contributed by atoms with van der Waals surface area (Å²) in [5, 5.41) is 13.8. The fraction of sp³-hybridized carbons (Fsp3) is 0.533. The van der Waals surface area contributed by atoms with E-state index in [1.165, 1.54) is 0 Å². The largest absolute Gasteiger partial charge is 0.491 e. The van der Waals surface area contributed by atoms with Crippen molar-refractivity contribution in [2.45, 2.75) is 25.0 Å². The van der Waals surface area contributed by atoms with Gasteiger partial charge in [-0.05, 0) is 24.6 Å². The summed E-state index contributed by atoms with van der Waals surface area (Å²) in [6, 6.07) is 7.32. The first-order valence-corrected chi connectivity index (χ1v) is 7.46. The summed E-state index contributed by atoms with van der Waals surface area (Å²) in [4.78, 5) is 13.1. The lowest BCUT2D eigenvalue weighted by Crippen LogP contribution is -2.48. The molecule has 1 saturated heterocycles. The number of carbonyl (C=O) groups excluding carboxylic acids is 1. The predicted molar refractivity (Wildman–Crippen MR) is 81.6 cm³/mol. The molecule has 1 fully saturated rings. The fourth-order valence-electron chi connectivity index (χ4n) is 2.29. The average molecular weight is 313 g/mol. The lowest BCUT2D eigenvalue weighted by molar-refractivity contribution is -0.132. The monoisotopic (exact) mass is 312 g/mol. The Morgan fingerprint density at radius 3 is 3.10 bits per heavy atom. The average Bonchev–Trinajstić information content (AvgIpc) is 2.46. The van der Waals surface area contributed by atoms with Crippen LogP contribution >= 0.6 is 11.6 Å². The summed E-state index contributed by atoms with van der Waals surface area (Å²) < 4.78 is 5.49. The number of aliphatic hydroxyl groups excluding tert-OH is 1. The van der Waals surface area contributed by atoms with Crippen LogP contribution in [0.15, 0.2) is 24.3 Å². The molecule has 2 unspecified atom stereocenters. The molecule has 21 heavy (non-hydrogen) atoms. The van der Waals surface area contributed by atoms with Gasteiger partial charge in [-0.25, -0.2) is 0 Å². The Morgan fingerprint density at radius 1 is 1.57 bits per heavy atom. The molecular formula is C15H21ClN2O3. The van der Waals surface area contributed by atoms with Gasteiger partial charge in [0.05, 0.1) is 0 Å². The Hall–Kier alpha value is -1.30. The topological polar surface area (TPSA) is 61.8 Å². The first-order chi connectivity index (χ1) is 10.0. The molecule has 2 rings (SSSR count). The number of ether oxygens (including phenoxy) is 1. The van der Waals surface area contributed by atoms with Crippen molar-refractivity contribution in [2.75, 3.05) is 26.7 Å². The number of hydrogen-bond acceptors (Lipinski definition) is 4. The standard InChI is InChI=1S/C15H21ClN2O3/c1-18-9-12(5-6-15(18)20)17-8-13(19)10-21-14-4-2-3-11(16)7-14/h2-4,7,12-13,17,19H,5-6,8-10H2,1H3. The van der Waals surface area contributed by atoms with Crippen molar-refractivity contribution in [3.63, 3.8) is 0 Å². The first kappa shape index (κ1) is 16.1. The number of nitrogens with one attached hydrogen (secondary N) is 1. The minimum absolute atomic E-state index is 0.179. The molecule has 6 heteroatoms. The first-order valence-electron chi connectivity index (χ1n) is 7.08. The van der Waals surface area contributed by atoms with Crippen LogP contribution in [0, 0.1) is 0 Å². The maximum absolute atomic E-state index is 11.4. The number of halogens is 1. The van der Waals surface area contributed by atoms with Crippen molar-refractivity contribution in [1.82, 2.24) is 10.2 Å². The summed E-state index contributed by atoms with van der Waals surface area (Å²) in [6.07, 6.45) is 0.765. The van der Waals surface area contributed by atoms with E-state index in [0.29, 0.717) is 30.3 Å². The second-order valence-corrected chi connectivity index (χ2v) is 5.78. The minimum Gasteiger partial charge on any atom is -0.491 e. The molecule has 1 amide bonds. The Morgan fingerprint density at radius 2 is 2.38 bits per heavy atom. The Bertz CT molecular complexity index is 484. The quantitative estimate of drug-likeness (QED) is 0.831. The van der Waals surface area contributed by atoms with Gasteiger partial charge < -0.3 is 20.1 Å². The maximum atomic E-state index is 11.4. The van der Waals surface area contributed by atoms with Gasteiger partial charge in [0.25, 0.3) is 0 Å². The molecule has 0 aromatic heterocycles. The smallest absolute Gasteiger partial charge is 0.222 e. The van der Waals surface area contributed by atoms with Crippen LogP contribution in [-0.4, -0.2) is 54.8 Å². The highest BCUT2D eigenvalue weighted by molar-refractivity contribution is 6.30. The van der Waals surface area contributed by atoms with Crippen LogP contribution < -0.4 is 10.1 Å². The van der Waals surface area contributed by atoms with Gasteiger partial charge in [0, 0.05) is 37.6 Å². The van der Waals surface area contributed by atoms with Gasteiger partial charge in [-0.15, -0.1) is 0 Å². The van der Waals surface area contributed by atoms with Gasteiger partial charge in [0.15, 0.2) is 0 Å². The number of nitrogens with zero attached hydrogens (tertiary/aromatic N) is 1. The molecule has 1 heterocycles. The van der Waals surface area contributed by atoms with Crippen molar-refractivity contribution >= 4 is 17.5 Å². The lowest BCUT2D eigenvalue weighted by Gasteiger charge is -2.30. The van der Waals surface area contributed by atoms with E-state index in [2.05, 4.69) is 5.32 Å². The van der Waals surface area contributed by atoms with Crippen LogP contribution in [0.5, 0.6) is 5.75 Å². The SMILES string of the molecule is CN1CC(NCC(O)COc2cccc(Cl)c2)CCC1=O. The number of benzene rings is 1. The van der Waals surface area contributed by atoms with E-state index in [9.17, 15) is 9.90 Å². The molecule has 5 nitrogen and oxygen atoms in total. The molecule has 0 spiro atoms. The maximum Gasteiger partial charge on any atom is 0.222 e. The van der Waals surface area contributed by atoms with Gasteiger partial charge in [-0.2, -0.15) is 0 Å². The van der Waals surface area contributed by atoms with Crippen LogP contribution in [0.25, 0.3) is 0 Å². The fourth-order valence-corrected chi connectivity index (χ4v) is 2.47. The molecule has 0 aliphatic carbocycles. The predicted octanol–water partition coefficient (Wildman–Crippen LogP) is 1.29. The molecule has 0 radical (unpaired) electrons. The third-order valence-corrected chi connectivity index (χ3v) is 3.74. The molecule has 1 aromatic carbocycles. The normalized spacial score (nSPS) is 20.4. The van der Waals surface area contributed by atoms with E-state index in [-0.39, 0.29) is 18.6 Å². The third-order valence-electron chi connectivity index (χ3n) is 3.51. The van der Waals surface area contributed by atoms with E-state index in [0.717, 1.165) is 6.42 Å².